The molecule has 8 rings (SSSR count). The molecule has 0 saturated heterocycles. The van der Waals surface area contributed by atoms with Crippen molar-refractivity contribution in [3.05, 3.63) is 137 Å². The normalized spacial score (nSPS) is 12.0. The molecule has 0 radical (unpaired) electrons. The van der Waals surface area contributed by atoms with Crippen LogP contribution in [0.3, 0.4) is 0 Å². The number of nitrogens with zero attached hydrogens (tertiary/aromatic N) is 9. The summed E-state index contributed by atoms with van der Waals surface area (Å²) in [5.41, 5.74) is 11.8. The number of aryl methyl sites for hydroxylation is 4. The molecule has 23 heteroatoms. The van der Waals surface area contributed by atoms with Crippen LogP contribution in [0.5, 0.6) is 11.5 Å². The van der Waals surface area contributed by atoms with Crippen LogP contribution in [0.4, 0.5) is 45.5 Å². The van der Waals surface area contributed by atoms with E-state index in [0.717, 1.165) is 10.9 Å². The molecule has 0 saturated carbocycles. The summed E-state index contributed by atoms with van der Waals surface area (Å²) in [5.74, 6) is -0.756. The molecule has 69 heavy (non-hydrogen) atoms. The number of nitrogens with two attached hydrogens (primary N) is 1. The number of anilines is 2. The second kappa shape index (κ2) is 20.0. The summed E-state index contributed by atoms with van der Waals surface area (Å²) in [6.07, 6.45) is 0. The van der Waals surface area contributed by atoms with Gasteiger partial charge in [-0.05, 0) is 152 Å². The number of aromatic nitrogens is 3. The number of nitrogen functional groups attached to an aromatic ring is 1. The average molecular weight is 970 g/mol. The molecule has 350 valence electrons. The largest absolute Gasteiger partial charge is 0.505 e. The molecule has 0 bridgehead atoms. The highest BCUT2D eigenvalue weighted by Gasteiger charge is 2.22. The number of carbonyl (C=O) groups is 1. The third-order valence-electron chi connectivity index (χ3n) is 10.5. The Labute approximate surface area is 396 Å². The Kier molecular flexibility index (Phi) is 13.7. The highest BCUT2D eigenvalue weighted by molar-refractivity contribution is 7.94. The summed E-state index contributed by atoms with van der Waals surface area (Å²) in [4.78, 5) is 12.6. The zero-order valence-corrected chi connectivity index (χ0v) is 38.4. The van der Waals surface area contributed by atoms with Crippen LogP contribution >= 0.6 is 12.0 Å². The van der Waals surface area contributed by atoms with E-state index in [1.54, 1.807) is 98.8 Å². The van der Waals surface area contributed by atoms with Gasteiger partial charge < -0.3 is 26.0 Å². The van der Waals surface area contributed by atoms with Crippen molar-refractivity contribution in [2.24, 2.45) is 30.7 Å². The first-order valence-electron chi connectivity index (χ1n) is 20.4. The van der Waals surface area contributed by atoms with Crippen LogP contribution in [-0.4, -0.2) is 56.1 Å². The molecular weight excluding hydrogens is 931 g/mol. The van der Waals surface area contributed by atoms with E-state index in [2.05, 4.69) is 51.2 Å². The molecular formula is C46H39N11O10S2. The molecule has 0 spiro atoms. The van der Waals surface area contributed by atoms with Gasteiger partial charge in [0, 0.05) is 16.8 Å². The van der Waals surface area contributed by atoms with Crippen molar-refractivity contribution in [3.63, 3.8) is 0 Å². The Morgan fingerprint density at radius 3 is 1.88 bits per heavy atom. The number of phenolic OH excluding ortho intramolecular Hbond substituents is 1. The van der Waals surface area contributed by atoms with Gasteiger partial charge in [0.1, 0.15) is 38.7 Å². The summed E-state index contributed by atoms with van der Waals surface area (Å²) >= 11 is 0.625. The van der Waals surface area contributed by atoms with E-state index in [1.807, 2.05) is 13.8 Å². The summed E-state index contributed by atoms with van der Waals surface area (Å²) in [6.45, 7) is 7.36. The van der Waals surface area contributed by atoms with Gasteiger partial charge in [-0.15, -0.1) is 29.6 Å². The number of para-hydroxylation sites is 1. The number of rotatable bonds is 16. The van der Waals surface area contributed by atoms with Crippen molar-refractivity contribution < 1.29 is 47.3 Å². The van der Waals surface area contributed by atoms with Crippen LogP contribution in [0.25, 0.3) is 27.5 Å². The average Bonchev–Trinajstić information content (AvgIpc) is 3.74. The number of nitrogens with one attached hydrogen (secondary N) is 1. The summed E-state index contributed by atoms with van der Waals surface area (Å²) in [5, 5.41) is 72.9. The number of phenols is 1. The van der Waals surface area contributed by atoms with Crippen molar-refractivity contribution in [2.45, 2.75) is 37.5 Å². The number of aromatic hydroxyl groups is 1. The molecule has 0 fully saturated rings. The van der Waals surface area contributed by atoms with Crippen LogP contribution in [0.15, 0.2) is 150 Å². The smallest absolute Gasteiger partial charge is 0.337 e. The molecule has 0 amide bonds. The second-order valence-corrected chi connectivity index (χ2v) is 17.4. The predicted octanol–water partition coefficient (Wildman–Crippen LogP) is 12.2. The van der Waals surface area contributed by atoms with E-state index in [9.17, 15) is 28.0 Å². The molecule has 0 aliphatic heterocycles. The lowest BCUT2D eigenvalue weighted by Crippen LogP contribution is -2.08. The van der Waals surface area contributed by atoms with Crippen molar-refractivity contribution in [2.75, 3.05) is 17.8 Å². The minimum absolute atomic E-state index is 0.0615. The third-order valence-corrected chi connectivity index (χ3v) is 12.0. The van der Waals surface area contributed by atoms with E-state index in [4.69, 9.17) is 20.1 Å². The lowest BCUT2D eigenvalue weighted by Gasteiger charge is -2.12. The Morgan fingerprint density at radius 2 is 1.30 bits per heavy atom. The van der Waals surface area contributed by atoms with Crippen molar-refractivity contribution in [1.82, 2.24) is 15.0 Å². The van der Waals surface area contributed by atoms with Gasteiger partial charge in [0.15, 0.2) is 12.5 Å². The minimum atomic E-state index is -4.81. The van der Waals surface area contributed by atoms with Gasteiger partial charge in [-0.3, -0.25) is 4.55 Å². The number of fused-ring (bicyclic) bond motifs is 2. The first kappa shape index (κ1) is 47.3. The number of benzene rings is 7. The molecule has 0 aliphatic carbocycles. The molecule has 0 aliphatic rings. The summed E-state index contributed by atoms with van der Waals surface area (Å²) < 4.78 is 45.5. The quantitative estimate of drug-likeness (QED) is 0.00997. The van der Waals surface area contributed by atoms with E-state index >= 15 is 0 Å². The maximum absolute atomic E-state index is 12.5. The SMILES string of the molecule is Cc1cc(N=Nc2cc3nn(-c4ccccc4C(=O)O)nc3cc2S(=O)(=O)O)c(C)cc1N=Nc1cc(C)c(N=Nc2c(SOOO)cc3cc(NCOc4ccc(N)cc4)ccc3c2O)cc1C. The standard InChI is InChI=1S/C46H39N11O10S2/c1-24-16-36(51-53-40-21-38-39(22-43(40)69(62,63)64)56-57(55-38)41-8-6-5-7-33(41)46(59)60)25(2)15-34(24)49-50-35-17-27(4)37(18-26(35)3)52-54-44-42(68-67-66-61)20-28-19-30(11-14-32(28)45(44)58)48-23-65-31-12-9-29(47)10-13-31/h5-22,48,58,61H,23,47H2,1-4H3,(H,59,60)(H,62,63,64). The third kappa shape index (κ3) is 10.7. The topological polar surface area (TPSA) is 303 Å². The number of azo groups is 3. The predicted molar refractivity (Wildman–Crippen MR) is 256 cm³/mol. The first-order chi connectivity index (χ1) is 33.1. The van der Waals surface area contributed by atoms with Crippen molar-refractivity contribution in [3.8, 4) is 17.2 Å². The number of hydrogen-bond donors (Lipinski definition) is 6. The van der Waals surface area contributed by atoms with Crippen LogP contribution < -0.4 is 15.8 Å². The van der Waals surface area contributed by atoms with Crippen LogP contribution in [0.2, 0.25) is 0 Å². The molecule has 0 unspecified atom stereocenters. The minimum Gasteiger partial charge on any atom is -0.505 e. The van der Waals surface area contributed by atoms with E-state index in [0.29, 0.717) is 89.8 Å². The van der Waals surface area contributed by atoms with Crippen molar-refractivity contribution >= 4 is 95.4 Å². The Morgan fingerprint density at radius 1 is 0.739 bits per heavy atom. The first-order valence-corrected chi connectivity index (χ1v) is 22.6. The van der Waals surface area contributed by atoms with Crippen molar-refractivity contribution in [1.29, 1.82) is 0 Å². The number of aromatic carboxylic acids is 1. The molecule has 7 aromatic carbocycles. The summed E-state index contributed by atoms with van der Waals surface area (Å²) in [7, 11) is -4.81. The van der Waals surface area contributed by atoms with Crippen LogP contribution in [-0.2, 0) is 19.5 Å². The number of ether oxygens (including phenoxy) is 1. The number of carboxylic acids is 1. The fourth-order valence-electron chi connectivity index (χ4n) is 6.92. The Balaban J connectivity index is 1.00. The summed E-state index contributed by atoms with van der Waals surface area (Å²) in [6, 6.07) is 29.4. The van der Waals surface area contributed by atoms with E-state index < -0.39 is 21.0 Å². The highest BCUT2D eigenvalue weighted by atomic mass is 32.2. The number of carboxylic acid groups (broad SMARTS) is 1. The maximum atomic E-state index is 12.5. The van der Waals surface area contributed by atoms with Crippen LogP contribution in [0, 0.1) is 27.7 Å². The van der Waals surface area contributed by atoms with Gasteiger partial charge in [0.2, 0.25) is 0 Å². The van der Waals surface area contributed by atoms with Gasteiger partial charge in [0.25, 0.3) is 10.1 Å². The number of hydrogen-bond acceptors (Lipinski definition) is 19. The zero-order chi connectivity index (χ0) is 49.0. The zero-order valence-electron chi connectivity index (χ0n) is 36.8. The Hall–Kier alpha value is -8.19. The molecule has 1 aromatic heterocycles. The molecule has 21 nitrogen and oxygen atoms in total. The van der Waals surface area contributed by atoms with Gasteiger partial charge in [-0.25, -0.2) is 10.1 Å². The van der Waals surface area contributed by atoms with E-state index in [-0.39, 0.29) is 46.1 Å². The fourth-order valence-corrected chi connectivity index (χ4v) is 8.04. The molecule has 7 N–H and O–H groups in total. The van der Waals surface area contributed by atoms with Gasteiger partial charge in [-0.2, -0.15) is 28.9 Å². The van der Waals surface area contributed by atoms with Gasteiger partial charge in [-0.1, -0.05) is 17.2 Å². The van der Waals surface area contributed by atoms with E-state index in [1.165, 1.54) is 18.2 Å². The highest BCUT2D eigenvalue weighted by Crippen LogP contribution is 2.45. The lowest BCUT2D eigenvalue weighted by atomic mass is 10.1. The molecule has 8 aromatic rings. The molecule has 0 atom stereocenters. The monoisotopic (exact) mass is 969 g/mol. The fraction of sp³-hybridized carbons (Fsp3) is 0.109. The maximum Gasteiger partial charge on any atom is 0.337 e. The second-order valence-electron chi connectivity index (χ2n) is 15.3. The molecule has 1 heterocycles. The Bertz CT molecular complexity index is 3510. The van der Waals surface area contributed by atoms with Gasteiger partial charge >= 0.3 is 5.97 Å². The van der Waals surface area contributed by atoms with Crippen LogP contribution in [0.1, 0.15) is 32.6 Å². The van der Waals surface area contributed by atoms with Gasteiger partial charge in [0.05, 0.1) is 45.3 Å². The lowest BCUT2D eigenvalue weighted by molar-refractivity contribution is -0.432.